The topological polar surface area (TPSA) is 75.7 Å². The summed E-state index contributed by atoms with van der Waals surface area (Å²) in [6.45, 7) is 4.16. The average molecular weight is 344 g/mol. The van der Waals surface area contributed by atoms with Gasteiger partial charge in [0.05, 0.1) is 23.5 Å². The molecule has 1 saturated heterocycles. The summed E-state index contributed by atoms with van der Waals surface area (Å²) in [5.41, 5.74) is -0.0986. The van der Waals surface area contributed by atoms with E-state index in [1.54, 1.807) is 6.07 Å². The highest BCUT2D eigenvalue weighted by molar-refractivity contribution is 7.89. The number of nitrogens with one attached hydrogen (secondary N) is 1. The third-order valence-corrected chi connectivity index (χ3v) is 5.35. The summed E-state index contributed by atoms with van der Waals surface area (Å²) >= 11 is 0. The van der Waals surface area contributed by atoms with Crippen molar-refractivity contribution < 1.29 is 22.3 Å². The van der Waals surface area contributed by atoms with Crippen LogP contribution in [0.5, 0.6) is 0 Å². The monoisotopic (exact) mass is 344 g/mol. The number of sulfonamides is 1. The van der Waals surface area contributed by atoms with Gasteiger partial charge >= 0.3 is 0 Å². The Labute approximate surface area is 135 Å². The van der Waals surface area contributed by atoms with Crippen LogP contribution in [-0.2, 0) is 14.8 Å². The first kappa shape index (κ1) is 17.8. The number of nitrogens with zero attached hydrogens (tertiary/aromatic N) is 1. The predicted octanol–water partition coefficient (Wildman–Crippen LogP) is 0.994. The van der Waals surface area contributed by atoms with Crippen LogP contribution in [-0.4, -0.2) is 56.2 Å². The minimum Gasteiger partial charge on any atom is -0.373 e. The van der Waals surface area contributed by atoms with Gasteiger partial charge in [-0.15, -0.1) is 0 Å². The normalized spacial score (nSPS) is 22.7. The fourth-order valence-corrected chi connectivity index (χ4v) is 4.01. The van der Waals surface area contributed by atoms with Gasteiger partial charge in [-0.05, 0) is 26.0 Å². The number of hydrogen-bond acceptors (Lipinski definition) is 4. The molecule has 8 heteroatoms. The van der Waals surface area contributed by atoms with Crippen LogP contribution in [0.25, 0.3) is 0 Å². The van der Waals surface area contributed by atoms with Crippen molar-refractivity contribution in [3.63, 3.8) is 0 Å². The Morgan fingerprint density at radius 2 is 1.91 bits per heavy atom. The predicted molar refractivity (Wildman–Crippen MR) is 84.1 cm³/mol. The van der Waals surface area contributed by atoms with E-state index in [0.29, 0.717) is 13.1 Å². The smallest absolute Gasteiger partial charge is 0.254 e. The van der Waals surface area contributed by atoms with E-state index in [1.165, 1.54) is 22.5 Å². The molecule has 128 valence electrons. The highest BCUT2D eigenvalue weighted by Crippen LogP contribution is 2.14. The molecule has 2 rings (SSSR count). The molecule has 1 aliphatic rings. The fraction of sp³-hybridized carbons (Fsp3) is 0.533. The van der Waals surface area contributed by atoms with Crippen molar-refractivity contribution >= 4 is 15.9 Å². The van der Waals surface area contributed by atoms with Gasteiger partial charge < -0.3 is 10.1 Å². The van der Waals surface area contributed by atoms with E-state index in [9.17, 15) is 17.6 Å². The second-order valence-electron chi connectivity index (χ2n) is 5.63. The van der Waals surface area contributed by atoms with E-state index in [1.807, 2.05) is 13.8 Å². The first-order valence-electron chi connectivity index (χ1n) is 7.45. The van der Waals surface area contributed by atoms with Crippen LogP contribution in [0.4, 0.5) is 4.39 Å². The molecule has 0 aliphatic carbocycles. The van der Waals surface area contributed by atoms with Gasteiger partial charge in [0, 0.05) is 19.6 Å². The van der Waals surface area contributed by atoms with Crippen molar-refractivity contribution in [1.82, 2.24) is 9.62 Å². The Kier molecular flexibility index (Phi) is 5.72. The second-order valence-corrected chi connectivity index (χ2v) is 7.71. The van der Waals surface area contributed by atoms with E-state index < -0.39 is 21.7 Å². The van der Waals surface area contributed by atoms with E-state index in [-0.39, 0.29) is 30.1 Å². The zero-order valence-corrected chi connectivity index (χ0v) is 14.0. The number of amides is 1. The molecule has 0 aromatic heterocycles. The summed E-state index contributed by atoms with van der Waals surface area (Å²) in [5, 5.41) is 2.44. The SMILES string of the molecule is C[C@@H]1CN(S(=O)(=O)CCNC(=O)c2ccccc2F)C[C@@H](C)O1. The van der Waals surface area contributed by atoms with Crippen molar-refractivity contribution in [2.45, 2.75) is 26.1 Å². The molecule has 1 heterocycles. The summed E-state index contributed by atoms with van der Waals surface area (Å²) in [5.74, 6) is -1.49. The van der Waals surface area contributed by atoms with Gasteiger partial charge in [-0.25, -0.2) is 12.8 Å². The number of ether oxygens (including phenoxy) is 1. The maximum absolute atomic E-state index is 13.5. The molecule has 1 N–H and O–H groups in total. The Balaban J connectivity index is 1.90. The lowest BCUT2D eigenvalue weighted by molar-refractivity contribution is -0.0440. The first-order chi connectivity index (χ1) is 10.8. The van der Waals surface area contributed by atoms with Gasteiger partial charge in [0.15, 0.2) is 0 Å². The molecule has 1 fully saturated rings. The van der Waals surface area contributed by atoms with Crippen molar-refractivity contribution in [2.75, 3.05) is 25.4 Å². The van der Waals surface area contributed by atoms with Gasteiger partial charge in [-0.2, -0.15) is 4.31 Å². The van der Waals surface area contributed by atoms with Crippen LogP contribution < -0.4 is 5.32 Å². The summed E-state index contributed by atoms with van der Waals surface area (Å²) in [4.78, 5) is 11.9. The molecule has 6 nitrogen and oxygen atoms in total. The molecule has 1 aliphatic heterocycles. The van der Waals surface area contributed by atoms with Gasteiger partial charge in [0.1, 0.15) is 5.82 Å². The molecule has 0 saturated carbocycles. The fourth-order valence-electron chi connectivity index (χ4n) is 2.52. The lowest BCUT2D eigenvalue weighted by Crippen LogP contribution is -2.49. The maximum atomic E-state index is 13.5. The van der Waals surface area contributed by atoms with E-state index in [2.05, 4.69) is 5.32 Å². The van der Waals surface area contributed by atoms with Crippen LogP contribution >= 0.6 is 0 Å². The third-order valence-electron chi connectivity index (χ3n) is 3.54. The number of carbonyl (C=O) groups is 1. The molecule has 0 spiro atoms. The van der Waals surface area contributed by atoms with Gasteiger partial charge in [0.25, 0.3) is 5.91 Å². The van der Waals surface area contributed by atoms with Crippen LogP contribution in [0.1, 0.15) is 24.2 Å². The van der Waals surface area contributed by atoms with E-state index in [4.69, 9.17) is 4.74 Å². The number of morpholine rings is 1. The zero-order chi connectivity index (χ0) is 17.0. The molecule has 23 heavy (non-hydrogen) atoms. The molecule has 1 amide bonds. The summed E-state index contributed by atoms with van der Waals surface area (Å²) in [6.07, 6.45) is -0.330. The summed E-state index contributed by atoms with van der Waals surface area (Å²) < 4.78 is 45.0. The Morgan fingerprint density at radius 3 is 2.52 bits per heavy atom. The number of halogens is 1. The van der Waals surface area contributed by atoms with Crippen LogP contribution in [0.2, 0.25) is 0 Å². The standard InChI is InChI=1S/C15H21FN2O4S/c1-11-9-18(10-12(2)22-11)23(20,21)8-7-17-15(19)13-5-3-4-6-14(13)16/h3-6,11-12H,7-10H2,1-2H3,(H,17,19)/t11-,12-/m1/s1. The third kappa shape index (κ3) is 4.73. The quantitative estimate of drug-likeness (QED) is 0.864. The molecule has 1 aromatic rings. The lowest BCUT2D eigenvalue weighted by Gasteiger charge is -2.34. The average Bonchev–Trinajstić information content (AvgIpc) is 2.46. The molecular formula is C15H21FN2O4S. The Bertz CT molecular complexity index is 655. The summed E-state index contributed by atoms with van der Waals surface area (Å²) in [7, 11) is -3.49. The van der Waals surface area contributed by atoms with Crippen LogP contribution in [0.3, 0.4) is 0 Å². The van der Waals surface area contributed by atoms with Crippen LogP contribution in [0, 0.1) is 5.82 Å². The molecule has 2 atom stereocenters. The highest BCUT2D eigenvalue weighted by Gasteiger charge is 2.30. The number of rotatable bonds is 5. The first-order valence-corrected chi connectivity index (χ1v) is 9.06. The largest absolute Gasteiger partial charge is 0.373 e. The van der Waals surface area contributed by atoms with E-state index in [0.717, 1.165) is 0 Å². The Hall–Kier alpha value is -1.51. The van der Waals surface area contributed by atoms with Crippen molar-refractivity contribution in [3.05, 3.63) is 35.6 Å². The van der Waals surface area contributed by atoms with Crippen molar-refractivity contribution in [1.29, 1.82) is 0 Å². The number of hydrogen-bond donors (Lipinski definition) is 1. The molecule has 0 bridgehead atoms. The van der Waals surface area contributed by atoms with Gasteiger partial charge in [-0.1, -0.05) is 12.1 Å². The zero-order valence-electron chi connectivity index (χ0n) is 13.2. The minimum absolute atomic E-state index is 0.0738. The molecular weight excluding hydrogens is 323 g/mol. The minimum atomic E-state index is -3.49. The highest BCUT2D eigenvalue weighted by atomic mass is 32.2. The van der Waals surface area contributed by atoms with Gasteiger partial charge in [-0.3, -0.25) is 4.79 Å². The molecule has 0 unspecified atom stereocenters. The van der Waals surface area contributed by atoms with Crippen molar-refractivity contribution in [2.24, 2.45) is 0 Å². The van der Waals surface area contributed by atoms with Crippen LogP contribution in [0.15, 0.2) is 24.3 Å². The summed E-state index contributed by atoms with van der Waals surface area (Å²) in [6, 6.07) is 5.56. The maximum Gasteiger partial charge on any atom is 0.254 e. The molecule has 1 aromatic carbocycles. The Morgan fingerprint density at radius 1 is 1.30 bits per heavy atom. The number of benzene rings is 1. The lowest BCUT2D eigenvalue weighted by atomic mass is 10.2. The second kappa shape index (κ2) is 7.37. The molecule has 0 radical (unpaired) electrons. The van der Waals surface area contributed by atoms with Gasteiger partial charge in [0.2, 0.25) is 10.0 Å². The van der Waals surface area contributed by atoms with Crippen molar-refractivity contribution in [3.8, 4) is 0 Å². The van der Waals surface area contributed by atoms with E-state index >= 15 is 0 Å². The number of carbonyl (C=O) groups excluding carboxylic acids is 1.